The van der Waals surface area contributed by atoms with Gasteiger partial charge in [-0.3, -0.25) is 9.89 Å². The average molecular weight is 552 g/mol. The van der Waals surface area contributed by atoms with Crippen LogP contribution in [0.25, 0.3) is 11.0 Å². The Morgan fingerprint density at radius 3 is 2.87 bits per heavy atom. The molecule has 210 valence electrons. The number of halogens is 3. The number of ether oxygens (including phenoxy) is 3. The second-order valence-electron chi connectivity index (χ2n) is 9.35. The second kappa shape index (κ2) is 10.7. The van der Waals surface area contributed by atoms with Gasteiger partial charge < -0.3 is 33.9 Å². The minimum absolute atomic E-state index is 0.247. The van der Waals surface area contributed by atoms with E-state index in [1.54, 1.807) is 13.3 Å². The molecule has 0 saturated carbocycles. The number of methoxy groups -OCH3 is 1. The second-order valence-corrected chi connectivity index (χ2v) is 9.35. The van der Waals surface area contributed by atoms with Crippen LogP contribution in [0.1, 0.15) is 12.0 Å². The molecule has 2 fully saturated rings. The predicted molar refractivity (Wildman–Crippen MR) is 134 cm³/mol. The van der Waals surface area contributed by atoms with Crippen LogP contribution in [-0.2, 0) is 22.7 Å². The summed E-state index contributed by atoms with van der Waals surface area (Å²) in [6.07, 6.45) is -2.05. The van der Waals surface area contributed by atoms with Crippen molar-refractivity contribution in [3.05, 3.63) is 40.4 Å². The van der Waals surface area contributed by atoms with Crippen molar-refractivity contribution in [2.45, 2.75) is 24.7 Å². The summed E-state index contributed by atoms with van der Waals surface area (Å²) in [6.45, 7) is 2.29. The van der Waals surface area contributed by atoms with E-state index in [1.807, 2.05) is 6.07 Å². The van der Waals surface area contributed by atoms with Crippen molar-refractivity contribution >= 4 is 28.4 Å². The van der Waals surface area contributed by atoms with E-state index in [0.29, 0.717) is 56.5 Å². The lowest BCUT2D eigenvalue weighted by atomic mass is 9.98. The smallest absolute Gasteiger partial charge is 0.417 e. The monoisotopic (exact) mass is 551 g/mol. The zero-order valence-corrected chi connectivity index (χ0v) is 21.3. The van der Waals surface area contributed by atoms with Crippen LogP contribution in [0, 0.1) is 0 Å². The number of alkyl halides is 3. The van der Waals surface area contributed by atoms with Crippen molar-refractivity contribution in [3.8, 4) is 5.88 Å². The molecule has 15 heteroatoms. The first kappa shape index (κ1) is 26.7. The van der Waals surface area contributed by atoms with Gasteiger partial charge in [-0.1, -0.05) is 0 Å². The van der Waals surface area contributed by atoms with Gasteiger partial charge in [-0.15, -0.1) is 5.10 Å². The highest BCUT2D eigenvalue weighted by molar-refractivity contribution is 5.89. The lowest BCUT2D eigenvalue weighted by molar-refractivity contribution is -0.138. The number of nitrogens with zero attached hydrogens (tertiary/aromatic N) is 5. The highest BCUT2D eigenvalue weighted by atomic mass is 19.4. The number of aryl methyl sites for hydroxylation is 1. The van der Waals surface area contributed by atoms with E-state index in [1.165, 1.54) is 11.9 Å². The van der Waals surface area contributed by atoms with Gasteiger partial charge in [0.25, 0.3) is 5.56 Å². The summed E-state index contributed by atoms with van der Waals surface area (Å²) < 4.78 is 57.2. The molecule has 2 amide bonds. The van der Waals surface area contributed by atoms with Gasteiger partial charge in [0.15, 0.2) is 5.65 Å². The van der Waals surface area contributed by atoms with Gasteiger partial charge in [0.2, 0.25) is 5.88 Å². The first-order valence-corrected chi connectivity index (χ1v) is 12.3. The molecule has 2 aliphatic rings. The van der Waals surface area contributed by atoms with Crippen LogP contribution >= 0.6 is 0 Å². The van der Waals surface area contributed by atoms with Gasteiger partial charge in [-0.25, -0.2) is 9.78 Å². The van der Waals surface area contributed by atoms with E-state index in [0.717, 1.165) is 15.6 Å². The maximum absolute atomic E-state index is 13.2. The van der Waals surface area contributed by atoms with E-state index < -0.39 is 29.0 Å². The van der Waals surface area contributed by atoms with E-state index in [2.05, 4.69) is 25.4 Å². The number of hydrogen-bond donors (Lipinski definition) is 2. The Labute approximate surface area is 220 Å². The summed E-state index contributed by atoms with van der Waals surface area (Å²) in [5.41, 5.74) is -0.775. The van der Waals surface area contributed by atoms with Gasteiger partial charge in [0.1, 0.15) is 12.3 Å². The highest BCUT2D eigenvalue weighted by Gasteiger charge is 2.40. The molecule has 2 atom stereocenters. The molecule has 5 rings (SSSR count). The Balaban J connectivity index is 1.29. The molecule has 5 heterocycles. The van der Waals surface area contributed by atoms with Crippen molar-refractivity contribution in [1.82, 2.24) is 24.6 Å². The number of piperidine rings is 1. The van der Waals surface area contributed by atoms with Crippen molar-refractivity contribution in [2.24, 2.45) is 7.05 Å². The molecule has 0 aliphatic carbocycles. The topological polar surface area (TPSA) is 127 Å². The molecule has 12 nitrogen and oxygen atoms in total. The number of fused-ring (bicyclic) bond motifs is 2. The predicted octanol–water partition coefficient (Wildman–Crippen LogP) is 2.21. The molecule has 2 saturated heterocycles. The molecule has 2 unspecified atom stereocenters. The number of urea groups is 1. The molecule has 0 spiro atoms. The van der Waals surface area contributed by atoms with Crippen LogP contribution in [0.2, 0.25) is 0 Å². The van der Waals surface area contributed by atoms with Crippen LogP contribution in [0.3, 0.4) is 0 Å². The van der Waals surface area contributed by atoms with Gasteiger partial charge in [0, 0.05) is 40.0 Å². The molecule has 3 aromatic heterocycles. The number of morpholine rings is 1. The number of rotatable bonds is 6. The molecule has 2 N–H and O–H groups in total. The third-order valence-corrected chi connectivity index (χ3v) is 6.86. The minimum atomic E-state index is -4.66. The fourth-order valence-electron chi connectivity index (χ4n) is 4.90. The van der Waals surface area contributed by atoms with E-state index in [4.69, 9.17) is 14.2 Å². The number of pyridine rings is 2. The Hall–Kier alpha value is -3.85. The Morgan fingerprint density at radius 1 is 1.28 bits per heavy atom. The SMILES string of the molecule is COCCOc1n[nH]c2ncc(N3CCC4C(C3)OCCN4C(=O)Nc3cc(C(F)(F)F)cn(C)c3=O)cc12. The Bertz CT molecular complexity index is 1410. The van der Waals surface area contributed by atoms with Gasteiger partial charge in [-0.2, -0.15) is 13.2 Å². The number of nitrogens with one attached hydrogen (secondary N) is 2. The quantitative estimate of drug-likeness (QED) is 0.447. The zero-order valence-electron chi connectivity index (χ0n) is 21.3. The van der Waals surface area contributed by atoms with Gasteiger partial charge in [0.05, 0.1) is 48.2 Å². The molecule has 0 bridgehead atoms. The summed E-state index contributed by atoms with van der Waals surface area (Å²) in [4.78, 5) is 33.6. The first-order valence-electron chi connectivity index (χ1n) is 12.3. The lowest BCUT2D eigenvalue weighted by Gasteiger charge is -2.47. The fraction of sp³-hybridized carbons (Fsp3) is 0.500. The number of hydrogen-bond acceptors (Lipinski definition) is 8. The summed E-state index contributed by atoms with van der Waals surface area (Å²) >= 11 is 0. The minimum Gasteiger partial charge on any atom is -0.474 e. The van der Waals surface area contributed by atoms with Crippen LogP contribution in [0.4, 0.5) is 29.3 Å². The number of carbonyl (C=O) groups excluding carboxylic acids is 1. The van der Waals surface area contributed by atoms with Gasteiger partial charge >= 0.3 is 12.2 Å². The number of aromatic amines is 1. The molecule has 2 aliphatic heterocycles. The van der Waals surface area contributed by atoms with Crippen LogP contribution in [0.5, 0.6) is 5.88 Å². The summed E-state index contributed by atoms with van der Waals surface area (Å²) in [5.74, 6) is 0.420. The average Bonchev–Trinajstić information content (AvgIpc) is 3.32. The van der Waals surface area contributed by atoms with Crippen molar-refractivity contribution in [1.29, 1.82) is 0 Å². The van der Waals surface area contributed by atoms with E-state index in [-0.39, 0.29) is 25.3 Å². The standard InChI is InChI=1S/C24H28F3N7O5/c1-32-12-14(24(25,26)27)9-17(22(32)35)29-23(36)34-5-6-38-19-13-33(4-3-18(19)34)15-10-16-20(28-11-15)30-31-21(16)39-8-7-37-2/h9-12,18-19H,3-8,13H2,1-2H3,(H,29,36)(H,28,30,31). The lowest BCUT2D eigenvalue weighted by Crippen LogP contribution is -2.61. The number of anilines is 2. The third-order valence-electron chi connectivity index (χ3n) is 6.86. The van der Waals surface area contributed by atoms with Crippen molar-refractivity contribution in [2.75, 3.05) is 56.8 Å². The van der Waals surface area contributed by atoms with Crippen LogP contribution < -0.4 is 20.5 Å². The third kappa shape index (κ3) is 5.49. The van der Waals surface area contributed by atoms with Gasteiger partial charge in [-0.05, 0) is 18.6 Å². The molecule has 3 aromatic rings. The fourth-order valence-corrected chi connectivity index (χ4v) is 4.90. The summed E-state index contributed by atoms with van der Waals surface area (Å²) in [5, 5.41) is 10.1. The Morgan fingerprint density at radius 2 is 2.10 bits per heavy atom. The number of carbonyl (C=O) groups is 1. The Kier molecular flexibility index (Phi) is 7.36. The van der Waals surface area contributed by atoms with Crippen molar-refractivity contribution < 1.29 is 32.2 Å². The maximum atomic E-state index is 13.2. The number of H-pyrrole nitrogens is 1. The molecular formula is C24H28F3N7O5. The largest absolute Gasteiger partial charge is 0.474 e. The van der Waals surface area contributed by atoms with E-state index in [9.17, 15) is 22.8 Å². The normalized spacial score (nSPS) is 19.7. The highest BCUT2D eigenvalue weighted by Crippen LogP contribution is 2.32. The molecule has 0 radical (unpaired) electrons. The van der Waals surface area contributed by atoms with E-state index >= 15 is 0 Å². The summed E-state index contributed by atoms with van der Waals surface area (Å²) in [7, 11) is 2.79. The molecule has 39 heavy (non-hydrogen) atoms. The number of aromatic nitrogens is 4. The number of amides is 2. The van der Waals surface area contributed by atoms with Crippen LogP contribution in [-0.4, -0.2) is 89.4 Å². The summed E-state index contributed by atoms with van der Waals surface area (Å²) in [6, 6.07) is 1.62. The molecular weight excluding hydrogens is 523 g/mol. The first-order chi connectivity index (χ1) is 18.7. The van der Waals surface area contributed by atoms with Crippen LogP contribution in [0.15, 0.2) is 29.3 Å². The maximum Gasteiger partial charge on any atom is 0.417 e. The zero-order chi connectivity index (χ0) is 27.7. The molecule has 0 aromatic carbocycles. The van der Waals surface area contributed by atoms with Crippen molar-refractivity contribution in [3.63, 3.8) is 0 Å².